The number of nitrogens with one attached hydrogen (secondary N) is 1. The number of aromatic nitrogens is 1. The number of fused-ring (bicyclic) bond motifs is 1. The summed E-state index contributed by atoms with van der Waals surface area (Å²) >= 11 is 1.51. The molecule has 6 nitrogen and oxygen atoms in total. The number of anilines is 1. The van der Waals surface area contributed by atoms with Crippen LogP contribution in [0.1, 0.15) is 30.8 Å². The van der Waals surface area contributed by atoms with E-state index < -0.39 is 0 Å². The smallest absolute Gasteiger partial charge is 0.213 e. The number of nitrogens with zero attached hydrogens (tertiary/aromatic N) is 4. The number of carbonyl (C=O) groups is 1. The zero-order chi connectivity index (χ0) is 15.9. The lowest BCUT2D eigenvalue weighted by molar-refractivity contribution is -0.105. The first kappa shape index (κ1) is 16.4. The molecule has 0 radical (unpaired) electrons. The fourth-order valence-corrected chi connectivity index (χ4v) is 3.24. The Hall–Kier alpha value is -2.02. The molecule has 7 heteroatoms. The molecule has 2 heterocycles. The predicted molar refractivity (Wildman–Crippen MR) is 91.8 cm³/mol. The lowest BCUT2D eigenvalue weighted by Gasteiger charge is -2.28. The molecule has 1 aromatic heterocycles. The summed E-state index contributed by atoms with van der Waals surface area (Å²) in [5.74, 6) is 0.835. The first-order chi connectivity index (χ1) is 10.7. The van der Waals surface area contributed by atoms with Gasteiger partial charge in [-0.05, 0) is 20.1 Å². The molecule has 1 aromatic rings. The number of hydrogen-bond donors (Lipinski definition) is 1. The molecule has 1 aliphatic heterocycles. The number of amides is 1. The van der Waals surface area contributed by atoms with Gasteiger partial charge >= 0.3 is 0 Å². The third-order valence-corrected chi connectivity index (χ3v) is 4.34. The van der Waals surface area contributed by atoms with Gasteiger partial charge in [0.15, 0.2) is 5.13 Å². The number of allylic oxidation sites excluding steroid dienone is 1. The highest BCUT2D eigenvalue weighted by atomic mass is 32.1. The van der Waals surface area contributed by atoms with Crippen molar-refractivity contribution in [1.82, 2.24) is 9.88 Å². The van der Waals surface area contributed by atoms with Crippen molar-refractivity contribution in [3.05, 3.63) is 22.5 Å². The van der Waals surface area contributed by atoms with E-state index in [4.69, 9.17) is 0 Å². The molecule has 2 rings (SSSR count). The fraction of sp³-hybridized carbons (Fsp3) is 0.467. The molecule has 0 unspecified atom stereocenters. The minimum atomic E-state index is 0.652. The normalized spacial score (nSPS) is 15.5. The second kappa shape index (κ2) is 7.84. The number of rotatable bonds is 7. The third kappa shape index (κ3) is 4.00. The van der Waals surface area contributed by atoms with Gasteiger partial charge in [-0.25, -0.2) is 9.98 Å². The molecule has 0 saturated carbocycles. The quantitative estimate of drug-likeness (QED) is 0.620. The second-order valence-electron chi connectivity index (χ2n) is 5.01. The molecule has 0 bridgehead atoms. The SMILES string of the molecule is C=N/C(=C\C(C)=NCCC)N1CCc2nc(NC=O)sc2C1. The predicted octanol–water partition coefficient (Wildman–Crippen LogP) is 2.48. The molecular formula is C15H21N5OS. The standard InChI is InChI=1S/C15H21N5OS/c1-4-6-17-11(2)8-14(16-3)20-7-5-12-13(9-20)22-15(19-12)18-10-21/h8,10H,3-7,9H2,1-2H3,(H,18,19,21)/b14-8+,17-11?. The van der Waals surface area contributed by atoms with Crippen LogP contribution in [-0.2, 0) is 17.8 Å². The Morgan fingerprint density at radius 1 is 1.59 bits per heavy atom. The molecule has 22 heavy (non-hydrogen) atoms. The Morgan fingerprint density at radius 3 is 3.09 bits per heavy atom. The van der Waals surface area contributed by atoms with Crippen LogP contribution >= 0.6 is 11.3 Å². The molecule has 118 valence electrons. The van der Waals surface area contributed by atoms with Crippen molar-refractivity contribution in [2.75, 3.05) is 18.4 Å². The Bertz CT molecular complexity index is 605. The maximum absolute atomic E-state index is 10.5. The summed E-state index contributed by atoms with van der Waals surface area (Å²) in [6.07, 6.45) is 4.50. The van der Waals surface area contributed by atoms with Crippen LogP contribution < -0.4 is 5.32 Å². The van der Waals surface area contributed by atoms with Crippen LogP contribution in [0.25, 0.3) is 0 Å². The van der Waals surface area contributed by atoms with Crippen LogP contribution in [0.4, 0.5) is 5.13 Å². The Kier molecular flexibility index (Phi) is 5.83. The van der Waals surface area contributed by atoms with Crippen LogP contribution in [0.15, 0.2) is 21.9 Å². The lowest BCUT2D eigenvalue weighted by Crippen LogP contribution is -2.29. The highest BCUT2D eigenvalue weighted by Crippen LogP contribution is 2.29. The van der Waals surface area contributed by atoms with Gasteiger partial charge in [-0.1, -0.05) is 18.3 Å². The second-order valence-corrected chi connectivity index (χ2v) is 6.09. The van der Waals surface area contributed by atoms with Crippen LogP contribution in [-0.4, -0.2) is 41.8 Å². The summed E-state index contributed by atoms with van der Waals surface area (Å²) in [7, 11) is 0. The molecule has 0 saturated heterocycles. The molecule has 0 atom stereocenters. The minimum absolute atomic E-state index is 0.652. The van der Waals surface area contributed by atoms with Crippen LogP contribution in [0.2, 0.25) is 0 Å². The highest BCUT2D eigenvalue weighted by Gasteiger charge is 2.21. The Labute approximate surface area is 134 Å². The van der Waals surface area contributed by atoms with E-state index in [1.807, 2.05) is 13.0 Å². The molecule has 0 spiro atoms. The van der Waals surface area contributed by atoms with Gasteiger partial charge in [-0.3, -0.25) is 9.79 Å². The van der Waals surface area contributed by atoms with E-state index in [0.717, 1.165) is 54.6 Å². The molecule has 0 aromatic carbocycles. The summed E-state index contributed by atoms with van der Waals surface area (Å²) < 4.78 is 0. The minimum Gasteiger partial charge on any atom is -0.351 e. The van der Waals surface area contributed by atoms with E-state index in [-0.39, 0.29) is 0 Å². The first-order valence-corrected chi connectivity index (χ1v) is 8.12. The monoisotopic (exact) mass is 319 g/mol. The van der Waals surface area contributed by atoms with Crippen molar-refractivity contribution in [2.24, 2.45) is 9.98 Å². The Morgan fingerprint density at radius 2 is 2.41 bits per heavy atom. The van der Waals surface area contributed by atoms with Gasteiger partial charge in [-0.15, -0.1) is 0 Å². The van der Waals surface area contributed by atoms with E-state index in [1.165, 1.54) is 11.3 Å². The van der Waals surface area contributed by atoms with Crippen LogP contribution in [0.3, 0.4) is 0 Å². The zero-order valence-electron chi connectivity index (χ0n) is 13.0. The molecular weight excluding hydrogens is 298 g/mol. The van der Waals surface area contributed by atoms with E-state index in [9.17, 15) is 4.79 Å². The molecule has 0 fully saturated rings. The largest absolute Gasteiger partial charge is 0.351 e. The van der Waals surface area contributed by atoms with Gasteiger partial charge in [0.2, 0.25) is 6.41 Å². The van der Waals surface area contributed by atoms with Crippen molar-refractivity contribution >= 4 is 35.3 Å². The topological polar surface area (TPSA) is 70.0 Å². The maximum atomic E-state index is 10.5. The van der Waals surface area contributed by atoms with Crippen molar-refractivity contribution in [3.63, 3.8) is 0 Å². The lowest BCUT2D eigenvalue weighted by atomic mass is 10.2. The van der Waals surface area contributed by atoms with E-state index >= 15 is 0 Å². The summed E-state index contributed by atoms with van der Waals surface area (Å²) in [6.45, 7) is 10.2. The summed E-state index contributed by atoms with van der Waals surface area (Å²) in [4.78, 5) is 26.9. The van der Waals surface area contributed by atoms with E-state index in [1.54, 1.807) is 0 Å². The molecule has 0 aliphatic carbocycles. The van der Waals surface area contributed by atoms with Gasteiger partial charge in [-0.2, -0.15) is 0 Å². The van der Waals surface area contributed by atoms with E-state index in [2.05, 4.69) is 38.8 Å². The maximum Gasteiger partial charge on any atom is 0.213 e. The van der Waals surface area contributed by atoms with Crippen molar-refractivity contribution in [3.8, 4) is 0 Å². The molecule has 1 aliphatic rings. The average molecular weight is 319 g/mol. The third-order valence-electron chi connectivity index (χ3n) is 3.32. The summed E-state index contributed by atoms with van der Waals surface area (Å²) in [5.41, 5.74) is 2.02. The van der Waals surface area contributed by atoms with Crippen molar-refractivity contribution < 1.29 is 4.79 Å². The van der Waals surface area contributed by atoms with E-state index in [0.29, 0.717) is 11.5 Å². The number of carbonyl (C=O) groups excluding carboxylic acids is 1. The zero-order valence-corrected chi connectivity index (χ0v) is 13.8. The van der Waals surface area contributed by atoms with Gasteiger partial charge in [0.25, 0.3) is 0 Å². The van der Waals surface area contributed by atoms with Crippen molar-refractivity contribution in [1.29, 1.82) is 0 Å². The Balaban J connectivity index is 2.13. The average Bonchev–Trinajstić information content (AvgIpc) is 2.92. The van der Waals surface area contributed by atoms with Gasteiger partial charge in [0.1, 0.15) is 5.82 Å². The number of thiazole rings is 1. The van der Waals surface area contributed by atoms with Crippen molar-refractivity contribution in [2.45, 2.75) is 33.2 Å². The van der Waals surface area contributed by atoms with Crippen LogP contribution in [0, 0.1) is 0 Å². The van der Waals surface area contributed by atoms with Gasteiger partial charge in [0, 0.05) is 36.2 Å². The van der Waals surface area contributed by atoms with Crippen LogP contribution in [0.5, 0.6) is 0 Å². The van der Waals surface area contributed by atoms with Gasteiger partial charge in [0.05, 0.1) is 12.2 Å². The fourth-order valence-electron chi connectivity index (χ4n) is 2.26. The number of hydrogen-bond acceptors (Lipinski definition) is 6. The summed E-state index contributed by atoms with van der Waals surface area (Å²) in [6, 6.07) is 0. The molecule has 1 N–H and O–H groups in total. The number of aliphatic imine (C=N–C) groups is 2. The first-order valence-electron chi connectivity index (χ1n) is 7.31. The summed E-state index contributed by atoms with van der Waals surface area (Å²) in [5, 5.41) is 3.27. The van der Waals surface area contributed by atoms with Gasteiger partial charge < -0.3 is 10.2 Å². The molecule has 1 amide bonds. The highest BCUT2D eigenvalue weighted by molar-refractivity contribution is 7.15.